The topological polar surface area (TPSA) is 66.7 Å². The Hall–Kier alpha value is -3.22. The van der Waals surface area contributed by atoms with Crippen LogP contribution in [0.3, 0.4) is 0 Å². The van der Waals surface area contributed by atoms with E-state index in [0.29, 0.717) is 31.9 Å². The van der Waals surface area contributed by atoms with E-state index in [4.69, 9.17) is 0 Å². The predicted octanol–water partition coefficient (Wildman–Crippen LogP) is 3.49. The number of carbonyl (C=O) groups is 1. The van der Waals surface area contributed by atoms with E-state index in [1.165, 1.54) is 18.2 Å². The van der Waals surface area contributed by atoms with Crippen molar-refractivity contribution >= 4 is 22.9 Å². The van der Waals surface area contributed by atoms with Crippen LogP contribution < -0.4 is 4.90 Å². The fourth-order valence-electron chi connectivity index (χ4n) is 3.13. The highest BCUT2D eigenvalue weighted by Gasteiger charge is 2.24. The number of rotatable bonds is 4. The second kappa shape index (κ2) is 7.99. The molecule has 0 unspecified atom stereocenters. The minimum Gasteiger partial charge on any atom is -0.362 e. The third kappa shape index (κ3) is 4.31. The summed E-state index contributed by atoms with van der Waals surface area (Å²) in [6.45, 7) is 3.84. The number of nitro benzene ring substituents is 1. The highest BCUT2D eigenvalue weighted by Crippen LogP contribution is 2.28. The average molecular weight is 369 g/mol. The summed E-state index contributed by atoms with van der Waals surface area (Å²) in [4.78, 5) is 27.0. The predicted molar refractivity (Wildman–Crippen MR) is 102 cm³/mol. The molecule has 6 nitrogen and oxygen atoms in total. The maximum Gasteiger partial charge on any atom is 0.292 e. The molecule has 0 N–H and O–H groups in total. The molecule has 1 fully saturated rings. The van der Waals surface area contributed by atoms with Gasteiger partial charge in [-0.25, -0.2) is 4.39 Å². The Kier molecular flexibility index (Phi) is 5.49. The van der Waals surface area contributed by atoms with Gasteiger partial charge in [-0.1, -0.05) is 24.3 Å². The van der Waals surface area contributed by atoms with Gasteiger partial charge in [-0.15, -0.1) is 0 Å². The van der Waals surface area contributed by atoms with Crippen molar-refractivity contribution in [3.8, 4) is 0 Å². The number of nitrogens with zero attached hydrogens (tertiary/aromatic N) is 3. The monoisotopic (exact) mass is 369 g/mol. The Balaban J connectivity index is 1.65. The van der Waals surface area contributed by atoms with Gasteiger partial charge < -0.3 is 9.80 Å². The molecule has 140 valence electrons. The molecule has 1 saturated heterocycles. The van der Waals surface area contributed by atoms with E-state index in [1.807, 2.05) is 11.8 Å². The molecule has 0 bridgehead atoms. The lowest BCUT2D eigenvalue weighted by Crippen LogP contribution is -2.48. The summed E-state index contributed by atoms with van der Waals surface area (Å²) in [6.07, 6.45) is 1.55. The minimum absolute atomic E-state index is 0.0735. The Morgan fingerprint density at radius 1 is 1.07 bits per heavy atom. The zero-order chi connectivity index (χ0) is 19.4. The molecule has 2 aromatic rings. The van der Waals surface area contributed by atoms with Crippen LogP contribution in [0.5, 0.6) is 0 Å². The van der Waals surface area contributed by atoms with Crippen molar-refractivity contribution < 1.29 is 14.1 Å². The first kappa shape index (κ1) is 18.6. The largest absolute Gasteiger partial charge is 0.362 e. The Bertz CT molecular complexity index is 872. The SMILES string of the molecule is C/C(=C\C(=O)N1CCN(c2ccccc2[N+](=O)[O-])CC1)c1ccc(F)cc1. The molecule has 0 spiro atoms. The number of nitro groups is 1. The molecule has 0 aliphatic carbocycles. The van der Waals surface area contributed by atoms with Gasteiger partial charge in [-0.05, 0) is 36.3 Å². The van der Waals surface area contributed by atoms with Crippen molar-refractivity contribution in [3.05, 3.63) is 76.1 Å². The van der Waals surface area contributed by atoms with Crippen molar-refractivity contribution in [2.45, 2.75) is 6.92 Å². The van der Waals surface area contributed by atoms with Gasteiger partial charge in [0.1, 0.15) is 11.5 Å². The van der Waals surface area contributed by atoms with Gasteiger partial charge in [0.25, 0.3) is 5.69 Å². The number of carbonyl (C=O) groups excluding carboxylic acids is 1. The number of piperazine rings is 1. The normalized spacial score (nSPS) is 15.0. The second-order valence-corrected chi connectivity index (χ2v) is 6.39. The quantitative estimate of drug-likeness (QED) is 0.470. The molecule has 2 aromatic carbocycles. The van der Waals surface area contributed by atoms with E-state index in [0.717, 1.165) is 11.1 Å². The molecule has 1 amide bonds. The Labute approximate surface area is 156 Å². The van der Waals surface area contributed by atoms with Gasteiger partial charge in [0.05, 0.1) is 4.92 Å². The van der Waals surface area contributed by atoms with Crippen molar-refractivity contribution in [1.29, 1.82) is 0 Å². The maximum atomic E-state index is 13.0. The van der Waals surface area contributed by atoms with E-state index in [-0.39, 0.29) is 22.3 Å². The van der Waals surface area contributed by atoms with Crippen molar-refractivity contribution in [1.82, 2.24) is 4.90 Å². The van der Waals surface area contributed by atoms with Crippen LogP contribution in [0, 0.1) is 15.9 Å². The minimum atomic E-state index is -0.387. The van der Waals surface area contributed by atoms with Crippen molar-refractivity contribution in [3.63, 3.8) is 0 Å². The molecule has 1 heterocycles. The molecule has 0 radical (unpaired) electrons. The third-order valence-electron chi connectivity index (χ3n) is 4.65. The van der Waals surface area contributed by atoms with Gasteiger partial charge in [0.2, 0.25) is 5.91 Å². The second-order valence-electron chi connectivity index (χ2n) is 6.39. The van der Waals surface area contributed by atoms with E-state index in [2.05, 4.69) is 0 Å². The molecule has 0 atom stereocenters. The molecule has 1 aliphatic heterocycles. The third-order valence-corrected chi connectivity index (χ3v) is 4.65. The Morgan fingerprint density at radius 3 is 2.33 bits per heavy atom. The van der Waals surface area contributed by atoms with Crippen LogP contribution in [-0.4, -0.2) is 41.9 Å². The highest BCUT2D eigenvalue weighted by atomic mass is 19.1. The summed E-state index contributed by atoms with van der Waals surface area (Å²) >= 11 is 0. The van der Waals surface area contributed by atoms with E-state index < -0.39 is 0 Å². The first-order valence-corrected chi connectivity index (χ1v) is 8.67. The van der Waals surface area contributed by atoms with Gasteiger partial charge in [0, 0.05) is 38.3 Å². The number of hydrogen-bond acceptors (Lipinski definition) is 4. The van der Waals surface area contributed by atoms with Crippen LogP contribution in [0.25, 0.3) is 5.57 Å². The van der Waals surface area contributed by atoms with Crippen molar-refractivity contribution in [2.24, 2.45) is 0 Å². The van der Waals surface area contributed by atoms with Crippen LogP contribution in [0.15, 0.2) is 54.6 Å². The van der Waals surface area contributed by atoms with Crippen LogP contribution in [-0.2, 0) is 4.79 Å². The number of benzene rings is 2. The molecule has 0 saturated carbocycles. The van der Waals surface area contributed by atoms with E-state index in [1.54, 1.807) is 41.3 Å². The molecule has 27 heavy (non-hydrogen) atoms. The average Bonchev–Trinajstić information content (AvgIpc) is 2.68. The number of halogens is 1. The molecular weight excluding hydrogens is 349 g/mol. The fourth-order valence-corrected chi connectivity index (χ4v) is 3.13. The standard InChI is InChI=1S/C20H20FN3O3/c1-15(16-6-8-17(21)9-7-16)14-20(25)23-12-10-22(11-13-23)18-4-2-3-5-19(18)24(26)27/h2-9,14H,10-13H2,1H3/b15-14+. The highest BCUT2D eigenvalue weighted by molar-refractivity contribution is 5.95. The first-order valence-electron chi connectivity index (χ1n) is 8.67. The lowest BCUT2D eigenvalue weighted by molar-refractivity contribution is -0.384. The Morgan fingerprint density at radius 2 is 1.70 bits per heavy atom. The van der Waals surface area contributed by atoms with Crippen LogP contribution >= 0.6 is 0 Å². The van der Waals surface area contributed by atoms with Crippen LogP contribution in [0.4, 0.5) is 15.8 Å². The molecule has 0 aromatic heterocycles. The lowest BCUT2D eigenvalue weighted by atomic mass is 10.1. The van der Waals surface area contributed by atoms with Gasteiger partial charge in [-0.3, -0.25) is 14.9 Å². The van der Waals surface area contributed by atoms with Gasteiger partial charge in [0.15, 0.2) is 0 Å². The fraction of sp³-hybridized carbons (Fsp3) is 0.250. The summed E-state index contributed by atoms with van der Waals surface area (Å²) < 4.78 is 13.0. The molecule has 1 aliphatic rings. The molecule has 3 rings (SSSR count). The summed E-state index contributed by atoms with van der Waals surface area (Å²) in [6, 6.07) is 12.6. The number of allylic oxidation sites excluding steroid dienone is 1. The van der Waals surface area contributed by atoms with Crippen molar-refractivity contribution in [2.75, 3.05) is 31.1 Å². The summed E-state index contributed by atoms with van der Waals surface area (Å²) in [5.74, 6) is -0.428. The number of para-hydroxylation sites is 2. The van der Waals surface area contributed by atoms with Gasteiger partial charge >= 0.3 is 0 Å². The number of anilines is 1. The lowest BCUT2D eigenvalue weighted by Gasteiger charge is -2.35. The number of amides is 1. The smallest absolute Gasteiger partial charge is 0.292 e. The maximum absolute atomic E-state index is 13.0. The first-order chi connectivity index (χ1) is 13.0. The zero-order valence-corrected chi connectivity index (χ0v) is 15.0. The summed E-state index contributed by atoms with van der Waals surface area (Å²) in [5.41, 5.74) is 2.21. The molecule has 7 heteroatoms. The van der Waals surface area contributed by atoms with Crippen LogP contribution in [0.2, 0.25) is 0 Å². The zero-order valence-electron chi connectivity index (χ0n) is 15.0. The summed E-state index contributed by atoms with van der Waals surface area (Å²) in [5, 5.41) is 11.2. The summed E-state index contributed by atoms with van der Waals surface area (Å²) in [7, 11) is 0. The number of hydrogen-bond donors (Lipinski definition) is 0. The van der Waals surface area contributed by atoms with E-state index >= 15 is 0 Å². The van der Waals surface area contributed by atoms with E-state index in [9.17, 15) is 19.3 Å². The van der Waals surface area contributed by atoms with Crippen LogP contribution in [0.1, 0.15) is 12.5 Å². The van der Waals surface area contributed by atoms with Gasteiger partial charge in [-0.2, -0.15) is 0 Å². The molecular formula is C20H20FN3O3.